The fourth-order valence-corrected chi connectivity index (χ4v) is 0. The molecule has 0 spiro atoms. The number of rotatable bonds is 0. The van der Waals surface area contributed by atoms with E-state index < -0.39 is 0 Å². The van der Waals surface area contributed by atoms with Crippen LogP contribution < -0.4 is 0 Å². The van der Waals surface area contributed by atoms with E-state index in [1.54, 1.807) is 0 Å². The molecule has 0 saturated carbocycles. The first-order valence-electron chi connectivity index (χ1n) is 0.228. The molecule has 0 saturated heterocycles. The molecule has 4 heteroatoms. The first kappa shape index (κ1) is 9.47. The van der Waals surface area contributed by atoms with E-state index in [-0.39, 0.29) is 31.1 Å². The molecule has 0 amide bonds. The van der Waals surface area contributed by atoms with E-state index in [0.717, 1.165) is 13.1 Å². The zero-order valence-corrected chi connectivity index (χ0v) is 8.17. The van der Waals surface area contributed by atoms with Gasteiger partial charge in [0.15, 0.2) is 0 Å². The third-order valence-corrected chi connectivity index (χ3v) is 0. The Kier molecular flexibility index (Phi) is 21.2. The van der Waals surface area contributed by atoms with Gasteiger partial charge in [-0.05, 0) is 0 Å². The first-order chi connectivity index (χ1) is 1.41. The van der Waals surface area contributed by atoms with Gasteiger partial charge in [0.1, 0.15) is 0 Å². The van der Waals surface area contributed by atoms with Crippen molar-refractivity contribution in [2.24, 2.45) is 0 Å². The summed E-state index contributed by atoms with van der Waals surface area (Å²) in [6.07, 6.45) is 0. The van der Waals surface area contributed by atoms with Crippen LogP contribution in [0, 0.1) is 31.1 Å². The van der Waals surface area contributed by atoms with Crippen molar-refractivity contribution in [3.05, 3.63) is 0 Å². The molecule has 0 aliphatic heterocycles. The number of hydrogen-bond acceptors (Lipinski definition) is 0. The molecule has 0 nitrogen and oxygen atoms in total. The quantitative estimate of drug-likeness (QED) is 0.564. The molecule has 0 unspecified atom stereocenters. The van der Waals surface area contributed by atoms with Crippen molar-refractivity contribution in [3.8, 4) is 0 Å². The summed E-state index contributed by atoms with van der Waals surface area (Å²) >= 11 is 0.757. The molecular formula is Cl2CuU. The molecule has 0 aromatic rings. The average molecular weight is 372 g/mol. The summed E-state index contributed by atoms with van der Waals surface area (Å²) in [4.78, 5) is 0. The third-order valence-electron chi connectivity index (χ3n) is 0. The van der Waals surface area contributed by atoms with Gasteiger partial charge in [0.2, 0.25) is 0 Å². The van der Waals surface area contributed by atoms with Crippen LogP contribution in [0.5, 0.6) is 0 Å². The van der Waals surface area contributed by atoms with Crippen molar-refractivity contribution in [1.29, 1.82) is 0 Å². The largest absolute Gasteiger partial charge is 0 e. The summed E-state index contributed by atoms with van der Waals surface area (Å²) in [5, 5.41) is 0. The Hall–Kier alpha value is 2.15. The van der Waals surface area contributed by atoms with E-state index in [9.17, 15) is 0 Å². The summed E-state index contributed by atoms with van der Waals surface area (Å²) in [5.74, 6) is 0. The minimum atomic E-state index is 0. The third kappa shape index (κ3) is 8.91. The van der Waals surface area contributed by atoms with Crippen molar-refractivity contribution < 1.29 is 44.2 Å². The van der Waals surface area contributed by atoms with Crippen molar-refractivity contribution >= 4 is 20.2 Å². The normalized spacial score (nSPS) is 5.50. The van der Waals surface area contributed by atoms with Gasteiger partial charge in [-0.1, -0.05) is 0 Å². The molecule has 0 atom stereocenters. The van der Waals surface area contributed by atoms with Crippen LogP contribution in [0.25, 0.3) is 0 Å². The molecule has 0 aromatic carbocycles. The van der Waals surface area contributed by atoms with Gasteiger partial charge in [-0.3, -0.25) is 0 Å². The maximum atomic E-state index is 4.67. The molecule has 0 heterocycles. The molecule has 0 radical (unpaired) electrons. The van der Waals surface area contributed by atoms with E-state index in [2.05, 4.69) is 20.2 Å². The summed E-state index contributed by atoms with van der Waals surface area (Å²) in [5.41, 5.74) is 0. The van der Waals surface area contributed by atoms with Crippen LogP contribution in [0.3, 0.4) is 0 Å². The average Bonchev–Trinajstić information content (AvgIpc) is 0.918. The van der Waals surface area contributed by atoms with Gasteiger partial charge in [0.25, 0.3) is 0 Å². The fourth-order valence-electron chi connectivity index (χ4n) is 0. The van der Waals surface area contributed by atoms with Gasteiger partial charge < -0.3 is 0 Å². The van der Waals surface area contributed by atoms with E-state index in [1.165, 1.54) is 0 Å². The Bertz CT molecular complexity index is 6.00. The maximum Gasteiger partial charge on any atom is 0 e. The second-order valence-corrected chi connectivity index (χ2v) is 1.60. The molecule has 29 valence electrons. The second-order valence-electron chi connectivity index (χ2n) is 0.0431. The second kappa shape index (κ2) is 8.94. The van der Waals surface area contributed by atoms with Crippen LogP contribution in [-0.4, -0.2) is 0 Å². The fraction of sp³-hybridized carbons (Fsp3) is 0. The Balaban J connectivity index is 0. The minimum absolute atomic E-state index is 0. The Morgan fingerprint density at radius 1 is 1.25 bits per heavy atom. The minimum Gasteiger partial charge on any atom is 0 e. The topological polar surface area (TPSA) is 0 Å². The van der Waals surface area contributed by atoms with E-state index in [0.29, 0.717) is 0 Å². The first-order valence-corrected chi connectivity index (χ1v) is 2.82. The van der Waals surface area contributed by atoms with Crippen molar-refractivity contribution in [3.63, 3.8) is 0 Å². The SMILES string of the molecule is [Cl][Cu][Cl].[U]. The number of halogens is 2. The van der Waals surface area contributed by atoms with Gasteiger partial charge in [-0.2, -0.15) is 0 Å². The molecule has 0 aromatic heterocycles. The number of hydrogen-bond donors (Lipinski definition) is 0. The summed E-state index contributed by atoms with van der Waals surface area (Å²) in [6.45, 7) is 0. The predicted molar refractivity (Wildman–Crippen MR) is 11.7 cm³/mol. The van der Waals surface area contributed by atoms with Crippen LogP contribution in [0.4, 0.5) is 0 Å². The molecule has 0 bridgehead atoms. The van der Waals surface area contributed by atoms with Gasteiger partial charge in [0, 0.05) is 31.1 Å². The van der Waals surface area contributed by atoms with Crippen LogP contribution >= 0.6 is 20.2 Å². The van der Waals surface area contributed by atoms with Crippen molar-refractivity contribution in [1.82, 2.24) is 0 Å². The van der Waals surface area contributed by atoms with Crippen LogP contribution in [0.2, 0.25) is 0 Å². The van der Waals surface area contributed by atoms with E-state index in [1.807, 2.05) is 0 Å². The van der Waals surface area contributed by atoms with Crippen LogP contribution in [0.15, 0.2) is 0 Å². The molecule has 0 aliphatic carbocycles. The smallest absolute Gasteiger partial charge is 0 e. The Morgan fingerprint density at radius 2 is 1.25 bits per heavy atom. The van der Waals surface area contributed by atoms with Crippen molar-refractivity contribution in [2.75, 3.05) is 0 Å². The predicted octanol–water partition coefficient (Wildman–Crippen LogP) is 1.38. The Morgan fingerprint density at radius 3 is 1.25 bits per heavy atom. The summed E-state index contributed by atoms with van der Waals surface area (Å²) in [6, 6.07) is 0. The van der Waals surface area contributed by atoms with Gasteiger partial charge >= 0.3 is 33.3 Å². The van der Waals surface area contributed by atoms with E-state index >= 15 is 0 Å². The molecule has 0 aliphatic rings. The zero-order valence-electron chi connectivity index (χ0n) is 1.56. The standard InChI is InChI=1S/2ClH.Cu.U/h2*1H;;/q;;+2;/p-2. The van der Waals surface area contributed by atoms with Gasteiger partial charge in [-0.15, -0.1) is 0 Å². The molecular weight excluding hydrogens is 372 g/mol. The van der Waals surface area contributed by atoms with E-state index in [4.69, 9.17) is 0 Å². The van der Waals surface area contributed by atoms with Crippen LogP contribution in [-0.2, 0) is 13.1 Å². The molecule has 0 rings (SSSR count). The maximum absolute atomic E-state index is 4.67. The van der Waals surface area contributed by atoms with Gasteiger partial charge in [0.05, 0.1) is 0 Å². The Labute approximate surface area is 63.6 Å². The molecule has 4 heavy (non-hydrogen) atoms. The zero-order chi connectivity index (χ0) is 2.71. The van der Waals surface area contributed by atoms with Crippen LogP contribution in [0.1, 0.15) is 0 Å². The summed E-state index contributed by atoms with van der Waals surface area (Å²) < 4.78 is 0. The summed E-state index contributed by atoms with van der Waals surface area (Å²) in [7, 11) is 9.34. The van der Waals surface area contributed by atoms with Crippen molar-refractivity contribution in [2.45, 2.75) is 0 Å². The molecule has 0 fully saturated rings. The van der Waals surface area contributed by atoms with Gasteiger partial charge in [-0.25, -0.2) is 0 Å². The monoisotopic (exact) mass is 371 g/mol. The molecule has 0 N–H and O–H groups in total.